The second-order valence-electron chi connectivity index (χ2n) is 5.46. The highest BCUT2D eigenvalue weighted by molar-refractivity contribution is 5.93. The summed E-state index contributed by atoms with van der Waals surface area (Å²) in [5, 5.41) is 0. The van der Waals surface area contributed by atoms with Crippen LogP contribution in [-0.4, -0.2) is 11.9 Å². The highest BCUT2D eigenvalue weighted by Gasteiger charge is 2.16. The normalized spacial score (nSPS) is 10.1. The molecule has 4 nitrogen and oxygen atoms in total. The number of ether oxygens (including phenoxy) is 2. The summed E-state index contributed by atoms with van der Waals surface area (Å²) in [6.45, 7) is 1.86. The number of esters is 2. The van der Waals surface area contributed by atoms with E-state index in [1.165, 1.54) is 0 Å². The molecule has 0 radical (unpaired) electrons. The molecule has 124 valence electrons. The minimum Gasteiger partial charge on any atom is -0.419 e. The SMILES string of the molecule is Cc1ccc(OC(=O)c2ccccc2)c(OC(=O)c2ccccc2)c1. The second kappa shape index (κ2) is 7.45. The van der Waals surface area contributed by atoms with Crippen LogP contribution in [0.1, 0.15) is 26.3 Å². The lowest BCUT2D eigenvalue weighted by atomic mass is 10.2. The Labute approximate surface area is 145 Å². The van der Waals surface area contributed by atoms with E-state index in [9.17, 15) is 9.59 Å². The van der Waals surface area contributed by atoms with Gasteiger partial charge in [-0.15, -0.1) is 0 Å². The van der Waals surface area contributed by atoms with Gasteiger partial charge in [-0.2, -0.15) is 0 Å². The summed E-state index contributed by atoms with van der Waals surface area (Å²) in [7, 11) is 0. The lowest BCUT2D eigenvalue weighted by molar-refractivity contribution is 0.0682. The minimum atomic E-state index is -0.513. The number of hydrogen-bond donors (Lipinski definition) is 0. The Morgan fingerprint density at radius 2 is 1.12 bits per heavy atom. The van der Waals surface area contributed by atoms with Gasteiger partial charge in [-0.05, 0) is 48.9 Å². The molecule has 3 rings (SSSR count). The van der Waals surface area contributed by atoms with E-state index in [2.05, 4.69) is 0 Å². The van der Waals surface area contributed by atoms with E-state index in [4.69, 9.17) is 9.47 Å². The third-order valence-electron chi connectivity index (χ3n) is 3.52. The predicted octanol–water partition coefficient (Wildman–Crippen LogP) is 4.43. The van der Waals surface area contributed by atoms with E-state index in [1.807, 2.05) is 19.1 Å². The maximum absolute atomic E-state index is 12.3. The van der Waals surface area contributed by atoms with Crippen molar-refractivity contribution in [3.05, 3.63) is 95.6 Å². The van der Waals surface area contributed by atoms with Crippen molar-refractivity contribution in [1.29, 1.82) is 0 Å². The topological polar surface area (TPSA) is 52.6 Å². The van der Waals surface area contributed by atoms with Crippen molar-refractivity contribution in [3.8, 4) is 11.5 Å². The molecule has 0 aliphatic carbocycles. The van der Waals surface area contributed by atoms with Gasteiger partial charge in [0.05, 0.1) is 11.1 Å². The molecular formula is C21H16O4. The zero-order valence-electron chi connectivity index (χ0n) is 13.6. The third kappa shape index (κ3) is 4.12. The van der Waals surface area contributed by atoms with Gasteiger partial charge in [-0.3, -0.25) is 0 Å². The van der Waals surface area contributed by atoms with Gasteiger partial charge < -0.3 is 9.47 Å². The van der Waals surface area contributed by atoms with Crippen LogP contribution in [-0.2, 0) is 0 Å². The van der Waals surface area contributed by atoms with Crippen LogP contribution in [0.15, 0.2) is 78.9 Å². The fourth-order valence-corrected chi connectivity index (χ4v) is 2.25. The summed E-state index contributed by atoms with van der Waals surface area (Å²) in [5.41, 5.74) is 1.73. The van der Waals surface area contributed by atoms with Gasteiger partial charge in [0, 0.05) is 0 Å². The van der Waals surface area contributed by atoms with Crippen molar-refractivity contribution < 1.29 is 19.1 Å². The van der Waals surface area contributed by atoms with Crippen LogP contribution < -0.4 is 9.47 Å². The fourth-order valence-electron chi connectivity index (χ4n) is 2.25. The smallest absolute Gasteiger partial charge is 0.343 e. The van der Waals surface area contributed by atoms with Crippen molar-refractivity contribution in [1.82, 2.24) is 0 Å². The van der Waals surface area contributed by atoms with Crippen LogP contribution in [0.2, 0.25) is 0 Å². The molecule has 0 spiro atoms. The summed E-state index contributed by atoms with van der Waals surface area (Å²) in [6, 6.07) is 22.3. The highest BCUT2D eigenvalue weighted by atomic mass is 16.6. The van der Waals surface area contributed by atoms with E-state index in [0.29, 0.717) is 11.1 Å². The Hall–Kier alpha value is -3.40. The third-order valence-corrected chi connectivity index (χ3v) is 3.52. The van der Waals surface area contributed by atoms with E-state index in [1.54, 1.807) is 66.7 Å². The van der Waals surface area contributed by atoms with Crippen molar-refractivity contribution >= 4 is 11.9 Å². The predicted molar refractivity (Wildman–Crippen MR) is 94.0 cm³/mol. The lowest BCUT2D eigenvalue weighted by Gasteiger charge is -2.11. The summed E-state index contributed by atoms with van der Waals surface area (Å²) in [5.74, 6) is -0.619. The number of benzene rings is 3. The monoisotopic (exact) mass is 332 g/mol. The number of carbonyl (C=O) groups is 2. The molecule has 0 bridgehead atoms. The largest absolute Gasteiger partial charge is 0.419 e. The van der Waals surface area contributed by atoms with Gasteiger partial charge in [-0.1, -0.05) is 42.5 Å². The molecule has 0 heterocycles. The Balaban J connectivity index is 1.83. The summed E-state index contributed by atoms with van der Waals surface area (Å²) in [4.78, 5) is 24.5. The molecule has 0 saturated heterocycles. The van der Waals surface area contributed by atoms with Gasteiger partial charge in [0.25, 0.3) is 0 Å². The first-order valence-corrected chi connectivity index (χ1v) is 7.78. The highest BCUT2D eigenvalue weighted by Crippen LogP contribution is 2.29. The Morgan fingerprint density at radius 1 is 0.640 bits per heavy atom. The maximum Gasteiger partial charge on any atom is 0.343 e. The maximum atomic E-state index is 12.3. The molecule has 0 fully saturated rings. The number of aryl methyl sites for hydroxylation is 1. The quantitative estimate of drug-likeness (QED) is 0.524. The Morgan fingerprint density at radius 3 is 1.64 bits per heavy atom. The average molecular weight is 332 g/mol. The first-order chi connectivity index (χ1) is 12.1. The van der Waals surface area contributed by atoms with Crippen molar-refractivity contribution in [3.63, 3.8) is 0 Å². The standard InChI is InChI=1S/C21H16O4/c1-15-12-13-18(24-20(22)16-8-4-2-5-9-16)19(14-15)25-21(23)17-10-6-3-7-11-17/h2-14H,1H3. The van der Waals surface area contributed by atoms with Gasteiger partial charge in [0.15, 0.2) is 11.5 Å². The van der Waals surface area contributed by atoms with E-state index in [-0.39, 0.29) is 11.5 Å². The summed E-state index contributed by atoms with van der Waals surface area (Å²) in [6.07, 6.45) is 0. The van der Waals surface area contributed by atoms with E-state index in [0.717, 1.165) is 5.56 Å². The molecule has 0 unspecified atom stereocenters. The van der Waals surface area contributed by atoms with Crippen LogP contribution in [0.3, 0.4) is 0 Å². The van der Waals surface area contributed by atoms with E-state index >= 15 is 0 Å². The molecule has 0 aliphatic heterocycles. The van der Waals surface area contributed by atoms with Crippen molar-refractivity contribution in [2.45, 2.75) is 6.92 Å². The minimum absolute atomic E-state index is 0.198. The molecule has 0 N–H and O–H groups in total. The lowest BCUT2D eigenvalue weighted by Crippen LogP contribution is -2.12. The average Bonchev–Trinajstić information content (AvgIpc) is 2.65. The molecule has 25 heavy (non-hydrogen) atoms. The zero-order valence-corrected chi connectivity index (χ0v) is 13.6. The van der Waals surface area contributed by atoms with Crippen molar-refractivity contribution in [2.75, 3.05) is 0 Å². The molecule has 4 heteroatoms. The molecule has 0 amide bonds. The van der Waals surface area contributed by atoms with E-state index < -0.39 is 11.9 Å². The number of rotatable bonds is 4. The molecule has 3 aromatic rings. The second-order valence-corrected chi connectivity index (χ2v) is 5.46. The van der Waals surface area contributed by atoms with Gasteiger partial charge in [0.1, 0.15) is 0 Å². The first kappa shape index (κ1) is 16.5. The molecule has 0 saturated carbocycles. The molecule has 0 atom stereocenters. The summed E-state index contributed by atoms with van der Waals surface area (Å²) >= 11 is 0. The van der Waals surface area contributed by atoms with Gasteiger partial charge in [0.2, 0.25) is 0 Å². The van der Waals surface area contributed by atoms with Gasteiger partial charge >= 0.3 is 11.9 Å². The zero-order chi connectivity index (χ0) is 17.6. The van der Waals surface area contributed by atoms with Crippen molar-refractivity contribution in [2.24, 2.45) is 0 Å². The van der Waals surface area contributed by atoms with Crippen LogP contribution >= 0.6 is 0 Å². The summed E-state index contributed by atoms with van der Waals surface area (Å²) < 4.78 is 10.8. The van der Waals surface area contributed by atoms with Crippen LogP contribution in [0, 0.1) is 6.92 Å². The van der Waals surface area contributed by atoms with Gasteiger partial charge in [-0.25, -0.2) is 9.59 Å². The molecule has 0 aromatic heterocycles. The Bertz CT molecular complexity index is 886. The Kier molecular flexibility index (Phi) is 4.90. The molecule has 0 aliphatic rings. The van der Waals surface area contributed by atoms with Crippen LogP contribution in [0.5, 0.6) is 11.5 Å². The first-order valence-electron chi connectivity index (χ1n) is 7.78. The number of hydrogen-bond acceptors (Lipinski definition) is 4. The number of carbonyl (C=O) groups excluding carboxylic acids is 2. The molecular weight excluding hydrogens is 316 g/mol. The van der Waals surface area contributed by atoms with Crippen LogP contribution in [0.4, 0.5) is 0 Å². The molecule has 3 aromatic carbocycles. The fraction of sp³-hybridized carbons (Fsp3) is 0.0476. The van der Waals surface area contributed by atoms with Crippen LogP contribution in [0.25, 0.3) is 0 Å².